The van der Waals surface area contributed by atoms with E-state index in [1.54, 1.807) is 30.6 Å². The maximum Gasteiger partial charge on any atom is 0.183 e. The van der Waals surface area contributed by atoms with Crippen LogP contribution in [0.2, 0.25) is 0 Å². The van der Waals surface area contributed by atoms with E-state index in [2.05, 4.69) is 29.1 Å². The van der Waals surface area contributed by atoms with Gasteiger partial charge in [0.15, 0.2) is 10.8 Å². The lowest BCUT2D eigenvalue weighted by atomic mass is 10.1. The standard InChI is InChI=1S/C19H18FN5S/c1-3-12(2)23-19-22-10-16(26-19)15-11-25-9-8-21-18(25)17(24-15)13-6-4-5-7-14(13)20/h4-12H,3H2,1-2H3,(H,22,23)/t12-/m1/s1. The molecule has 26 heavy (non-hydrogen) atoms. The Morgan fingerprint density at radius 2 is 2.12 bits per heavy atom. The zero-order valence-electron chi connectivity index (χ0n) is 14.5. The molecule has 0 aliphatic heterocycles. The minimum atomic E-state index is -0.314. The lowest BCUT2D eigenvalue weighted by Crippen LogP contribution is -2.12. The number of hydrogen-bond acceptors (Lipinski definition) is 5. The van der Waals surface area contributed by atoms with Crippen LogP contribution in [0.1, 0.15) is 20.3 Å². The molecule has 4 rings (SSSR count). The van der Waals surface area contributed by atoms with Gasteiger partial charge in [-0.3, -0.25) is 0 Å². The number of anilines is 1. The predicted molar refractivity (Wildman–Crippen MR) is 103 cm³/mol. The fraction of sp³-hybridized carbons (Fsp3) is 0.211. The van der Waals surface area contributed by atoms with Gasteiger partial charge in [0.2, 0.25) is 0 Å². The van der Waals surface area contributed by atoms with E-state index in [-0.39, 0.29) is 5.82 Å². The third kappa shape index (κ3) is 3.06. The molecule has 1 N–H and O–H groups in total. The lowest BCUT2D eigenvalue weighted by molar-refractivity contribution is 0.631. The third-order valence-electron chi connectivity index (χ3n) is 4.24. The predicted octanol–water partition coefficient (Wildman–Crippen LogP) is 4.87. The summed E-state index contributed by atoms with van der Waals surface area (Å²) < 4.78 is 16.2. The molecule has 0 unspecified atom stereocenters. The van der Waals surface area contributed by atoms with Gasteiger partial charge in [-0.2, -0.15) is 0 Å². The fourth-order valence-electron chi connectivity index (χ4n) is 2.66. The minimum absolute atomic E-state index is 0.314. The van der Waals surface area contributed by atoms with E-state index in [9.17, 15) is 4.39 Å². The largest absolute Gasteiger partial charge is 0.359 e. The number of rotatable bonds is 5. The van der Waals surface area contributed by atoms with E-state index in [1.807, 2.05) is 16.8 Å². The van der Waals surface area contributed by atoms with E-state index in [4.69, 9.17) is 4.98 Å². The van der Waals surface area contributed by atoms with Gasteiger partial charge in [0.05, 0.1) is 10.6 Å². The average Bonchev–Trinajstić information content (AvgIpc) is 3.30. The first-order valence-electron chi connectivity index (χ1n) is 8.47. The van der Waals surface area contributed by atoms with Crippen molar-refractivity contribution in [3.8, 4) is 21.8 Å². The molecule has 7 heteroatoms. The molecule has 0 radical (unpaired) electrons. The summed E-state index contributed by atoms with van der Waals surface area (Å²) in [6.45, 7) is 4.24. The van der Waals surface area contributed by atoms with Gasteiger partial charge in [0.1, 0.15) is 11.5 Å². The maximum absolute atomic E-state index is 14.3. The van der Waals surface area contributed by atoms with E-state index < -0.39 is 0 Å². The van der Waals surface area contributed by atoms with Gasteiger partial charge in [-0.15, -0.1) is 0 Å². The summed E-state index contributed by atoms with van der Waals surface area (Å²) in [6.07, 6.45) is 8.24. The first-order valence-corrected chi connectivity index (χ1v) is 9.28. The van der Waals surface area contributed by atoms with Gasteiger partial charge >= 0.3 is 0 Å². The molecule has 5 nitrogen and oxygen atoms in total. The summed E-state index contributed by atoms with van der Waals surface area (Å²) >= 11 is 1.54. The number of nitrogens with one attached hydrogen (secondary N) is 1. The Morgan fingerprint density at radius 3 is 2.92 bits per heavy atom. The summed E-state index contributed by atoms with van der Waals surface area (Å²) in [6, 6.07) is 6.98. The van der Waals surface area contributed by atoms with Crippen LogP contribution >= 0.6 is 11.3 Å². The Hall–Kier alpha value is -2.80. The number of benzene rings is 1. The van der Waals surface area contributed by atoms with Crippen LogP contribution in [0.25, 0.3) is 27.5 Å². The highest BCUT2D eigenvalue weighted by Gasteiger charge is 2.16. The zero-order chi connectivity index (χ0) is 18.1. The van der Waals surface area contributed by atoms with Crippen LogP contribution in [0.3, 0.4) is 0 Å². The van der Waals surface area contributed by atoms with Crippen molar-refractivity contribution in [2.45, 2.75) is 26.3 Å². The molecule has 0 aliphatic rings. The van der Waals surface area contributed by atoms with Crippen LogP contribution in [-0.2, 0) is 0 Å². The van der Waals surface area contributed by atoms with Gasteiger partial charge < -0.3 is 9.72 Å². The Bertz CT molecular complexity index is 1050. The maximum atomic E-state index is 14.3. The quantitative estimate of drug-likeness (QED) is 0.547. The van der Waals surface area contributed by atoms with E-state index in [0.29, 0.717) is 22.9 Å². The number of nitrogens with zero attached hydrogens (tertiary/aromatic N) is 4. The number of halogens is 1. The molecule has 3 heterocycles. The van der Waals surface area contributed by atoms with Crippen LogP contribution in [0, 0.1) is 5.82 Å². The second-order valence-electron chi connectivity index (χ2n) is 6.10. The first-order chi connectivity index (χ1) is 12.7. The van der Waals surface area contributed by atoms with Crippen molar-refractivity contribution in [2.24, 2.45) is 0 Å². The Labute approximate surface area is 154 Å². The molecule has 0 bridgehead atoms. The summed E-state index contributed by atoms with van der Waals surface area (Å²) in [7, 11) is 0. The lowest BCUT2D eigenvalue weighted by Gasteiger charge is -2.09. The number of aromatic nitrogens is 4. The molecule has 0 saturated heterocycles. The molecule has 0 aliphatic carbocycles. The van der Waals surface area contributed by atoms with Gasteiger partial charge in [-0.05, 0) is 25.5 Å². The molecule has 0 spiro atoms. The molecule has 4 aromatic rings. The summed E-state index contributed by atoms with van der Waals surface area (Å²) in [5.74, 6) is -0.314. The Balaban J connectivity index is 1.81. The number of thiazole rings is 1. The number of imidazole rings is 1. The molecule has 1 atom stereocenters. The zero-order valence-corrected chi connectivity index (χ0v) is 15.3. The molecule has 3 aromatic heterocycles. The van der Waals surface area contributed by atoms with Gasteiger partial charge in [-0.1, -0.05) is 30.4 Å². The van der Waals surface area contributed by atoms with Crippen LogP contribution in [0.15, 0.2) is 49.1 Å². The van der Waals surface area contributed by atoms with Gasteiger partial charge in [0, 0.05) is 36.4 Å². The van der Waals surface area contributed by atoms with Crippen molar-refractivity contribution >= 4 is 22.1 Å². The molecular formula is C19H18FN5S. The van der Waals surface area contributed by atoms with Crippen LogP contribution < -0.4 is 5.32 Å². The van der Waals surface area contributed by atoms with Crippen LogP contribution in [-0.4, -0.2) is 25.4 Å². The molecular weight excluding hydrogens is 349 g/mol. The average molecular weight is 367 g/mol. The summed E-state index contributed by atoms with van der Waals surface area (Å²) in [5.41, 5.74) is 2.33. The van der Waals surface area contributed by atoms with Crippen molar-refractivity contribution < 1.29 is 4.39 Å². The highest BCUT2D eigenvalue weighted by Crippen LogP contribution is 2.32. The van der Waals surface area contributed by atoms with E-state index >= 15 is 0 Å². The van der Waals surface area contributed by atoms with Crippen molar-refractivity contribution in [1.29, 1.82) is 0 Å². The monoisotopic (exact) mass is 367 g/mol. The van der Waals surface area contributed by atoms with Gasteiger partial charge in [-0.25, -0.2) is 19.3 Å². The van der Waals surface area contributed by atoms with Gasteiger partial charge in [0.25, 0.3) is 0 Å². The smallest absolute Gasteiger partial charge is 0.183 e. The van der Waals surface area contributed by atoms with Crippen LogP contribution in [0.4, 0.5) is 9.52 Å². The highest BCUT2D eigenvalue weighted by atomic mass is 32.1. The van der Waals surface area contributed by atoms with Crippen molar-refractivity contribution in [3.05, 3.63) is 54.9 Å². The SMILES string of the molecule is CC[C@@H](C)Nc1ncc(-c2cn3ccnc3c(-c3ccccc3F)n2)s1. The summed E-state index contributed by atoms with van der Waals surface area (Å²) in [5, 5.41) is 4.23. The Morgan fingerprint density at radius 1 is 1.27 bits per heavy atom. The molecule has 1 aromatic carbocycles. The molecule has 0 amide bonds. The van der Waals surface area contributed by atoms with Crippen molar-refractivity contribution in [3.63, 3.8) is 0 Å². The number of hydrogen-bond donors (Lipinski definition) is 1. The van der Waals surface area contributed by atoms with E-state index in [1.165, 1.54) is 17.4 Å². The summed E-state index contributed by atoms with van der Waals surface area (Å²) in [4.78, 5) is 14.4. The van der Waals surface area contributed by atoms with E-state index in [0.717, 1.165) is 22.1 Å². The second kappa shape index (κ2) is 6.84. The topological polar surface area (TPSA) is 55.1 Å². The van der Waals surface area contributed by atoms with Crippen molar-refractivity contribution in [2.75, 3.05) is 5.32 Å². The fourth-order valence-corrected chi connectivity index (χ4v) is 3.54. The first kappa shape index (κ1) is 16.7. The van der Waals surface area contributed by atoms with Crippen molar-refractivity contribution in [1.82, 2.24) is 19.4 Å². The molecule has 132 valence electrons. The third-order valence-corrected chi connectivity index (χ3v) is 5.19. The second-order valence-corrected chi connectivity index (χ2v) is 7.13. The minimum Gasteiger partial charge on any atom is -0.359 e. The van der Waals surface area contributed by atoms with Crippen LogP contribution in [0.5, 0.6) is 0 Å². The highest BCUT2D eigenvalue weighted by molar-refractivity contribution is 7.18. The molecule has 0 fully saturated rings. The normalized spacial score (nSPS) is 12.4. The molecule has 0 saturated carbocycles. The number of fused-ring (bicyclic) bond motifs is 1. The Kier molecular flexibility index (Phi) is 4.38.